The maximum absolute atomic E-state index is 11.8. The Morgan fingerprint density at radius 2 is 2.32 bits per heavy atom. The Morgan fingerprint density at radius 3 is 3.00 bits per heavy atom. The first-order valence-electron chi connectivity index (χ1n) is 7.17. The van der Waals surface area contributed by atoms with Crippen LogP contribution >= 0.6 is 23.2 Å². The lowest BCUT2D eigenvalue weighted by Crippen LogP contribution is -2.38. The van der Waals surface area contributed by atoms with Crippen LogP contribution in [-0.2, 0) is 24.2 Å². The number of carbonyl (C=O) groups excluding carboxylic acids is 1. The van der Waals surface area contributed by atoms with Crippen molar-refractivity contribution < 1.29 is 9.90 Å². The minimum absolute atomic E-state index is 0.0666. The Hall–Kier alpha value is -1.30. The Morgan fingerprint density at radius 1 is 1.55 bits per heavy atom. The van der Waals surface area contributed by atoms with Crippen molar-refractivity contribution in [3.05, 3.63) is 39.9 Å². The summed E-state index contributed by atoms with van der Waals surface area (Å²) < 4.78 is 2.16. The summed E-state index contributed by atoms with van der Waals surface area (Å²) in [6, 6.07) is 0.0666. The predicted octanol–water partition coefficient (Wildman–Crippen LogP) is 2.03. The quantitative estimate of drug-likeness (QED) is 0.635. The zero-order valence-electron chi connectivity index (χ0n) is 12.4. The summed E-state index contributed by atoms with van der Waals surface area (Å²) in [6.07, 6.45) is 6.77. The maximum atomic E-state index is 11.8. The Balaban J connectivity index is 1.98. The highest BCUT2D eigenvalue weighted by Crippen LogP contribution is 2.22. The van der Waals surface area contributed by atoms with Gasteiger partial charge >= 0.3 is 0 Å². The van der Waals surface area contributed by atoms with Gasteiger partial charge < -0.3 is 15.0 Å². The molecule has 0 fully saturated rings. The smallest absolute Gasteiger partial charge is 0.244 e. The van der Waals surface area contributed by atoms with Crippen LogP contribution in [0.3, 0.4) is 0 Å². The summed E-state index contributed by atoms with van der Waals surface area (Å²) in [5.74, 6) is 0.735. The maximum Gasteiger partial charge on any atom is 0.244 e. The lowest BCUT2D eigenvalue weighted by molar-refractivity contribution is -0.117. The molecule has 0 spiro atoms. The van der Waals surface area contributed by atoms with Crippen molar-refractivity contribution in [2.24, 2.45) is 0 Å². The van der Waals surface area contributed by atoms with Crippen molar-refractivity contribution >= 4 is 29.1 Å². The van der Waals surface area contributed by atoms with E-state index in [2.05, 4.69) is 14.9 Å². The third kappa shape index (κ3) is 4.35. The van der Waals surface area contributed by atoms with Gasteiger partial charge in [-0.15, -0.1) is 0 Å². The van der Waals surface area contributed by atoms with Gasteiger partial charge in [-0.05, 0) is 25.8 Å². The van der Waals surface area contributed by atoms with E-state index in [4.69, 9.17) is 28.3 Å². The van der Waals surface area contributed by atoms with E-state index >= 15 is 0 Å². The largest absolute Gasteiger partial charge is 0.395 e. The summed E-state index contributed by atoms with van der Waals surface area (Å²) >= 11 is 10.9. The summed E-state index contributed by atoms with van der Waals surface area (Å²) in [7, 11) is 0. The second-order valence-corrected chi connectivity index (χ2v) is 6.20. The van der Waals surface area contributed by atoms with E-state index < -0.39 is 0 Å². The highest BCUT2D eigenvalue weighted by atomic mass is 35.5. The number of hydrogen-bond acceptors (Lipinski definition) is 3. The molecule has 22 heavy (non-hydrogen) atoms. The van der Waals surface area contributed by atoms with E-state index in [-0.39, 0.29) is 23.0 Å². The average Bonchev–Trinajstić information content (AvgIpc) is 2.74. The van der Waals surface area contributed by atoms with Crippen LogP contribution in [-0.4, -0.2) is 33.2 Å². The van der Waals surface area contributed by atoms with Gasteiger partial charge in [-0.1, -0.05) is 29.3 Å². The van der Waals surface area contributed by atoms with Gasteiger partial charge in [0.1, 0.15) is 10.3 Å². The van der Waals surface area contributed by atoms with Crippen molar-refractivity contribution in [2.45, 2.75) is 38.8 Å². The first-order chi connectivity index (χ1) is 10.5. The van der Waals surface area contributed by atoms with Crippen LogP contribution in [0.25, 0.3) is 0 Å². The van der Waals surface area contributed by atoms with Crippen LogP contribution < -0.4 is 5.32 Å². The monoisotopic (exact) mass is 343 g/mol. The molecular formula is C15H19Cl2N3O2. The van der Waals surface area contributed by atoms with Gasteiger partial charge in [-0.2, -0.15) is 0 Å². The van der Waals surface area contributed by atoms with E-state index in [1.54, 1.807) is 0 Å². The molecule has 2 rings (SSSR count). The van der Waals surface area contributed by atoms with Gasteiger partial charge in [0.05, 0.1) is 12.3 Å². The summed E-state index contributed by atoms with van der Waals surface area (Å²) in [4.78, 5) is 16.4. The number of hydrogen-bond donors (Lipinski definition) is 2. The molecule has 1 heterocycles. The number of amides is 1. The number of allylic oxidation sites excluding steroid dienone is 2. The molecule has 1 aliphatic rings. The van der Waals surface area contributed by atoms with Gasteiger partial charge in [0.15, 0.2) is 0 Å². The van der Waals surface area contributed by atoms with E-state index in [0.717, 1.165) is 24.4 Å². The Labute approximate surface area is 139 Å². The molecule has 0 aliphatic heterocycles. The minimum atomic E-state index is -0.175. The number of aliphatic hydroxyl groups excluding tert-OH is 1. The molecule has 1 aromatic rings. The normalized spacial score (nSPS) is 17.4. The van der Waals surface area contributed by atoms with Crippen molar-refractivity contribution in [3.63, 3.8) is 0 Å². The molecule has 120 valence electrons. The van der Waals surface area contributed by atoms with Gasteiger partial charge in [0, 0.05) is 30.8 Å². The summed E-state index contributed by atoms with van der Waals surface area (Å²) in [6.45, 7) is 2.61. The molecule has 1 amide bonds. The zero-order valence-corrected chi connectivity index (χ0v) is 13.9. The number of nitrogens with one attached hydrogen (secondary N) is 1. The minimum Gasteiger partial charge on any atom is -0.395 e. The van der Waals surface area contributed by atoms with Crippen LogP contribution in [0.1, 0.15) is 23.6 Å². The van der Waals surface area contributed by atoms with Crippen LogP contribution in [0, 0.1) is 6.92 Å². The summed E-state index contributed by atoms with van der Waals surface area (Å²) in [5, 5.41) is 12.1. The first-order valence-corrected chi connectivity index (χ1v) is 7.92. The third-order valence-corrected chi connectivity index (χ3v) is 3.91. The predicted molar refractivity (Wildman–Crippen MR) is 86.9 cm³/mol. The Bertz CT molecular complexity index is 604. The molecule has 0 radical (unpaired) electrons. The van der Waals surface area contributed by atoms with Crippen molar-refractivity contribution in [2.75, 3.05) is 6.61 Å². The Kier molecular flexibility index (Phi) is 6.06. The topological polar surface area (TPSA) is 67.2 Å². The fourth-order valence-corrected chi connectivity index (χ4v) is 2.88. The number of aryl methyl sites for hydroxylation is 1. The van der Waals surface area contributed by atoms with Gasteiger partial charge in [0.25, 0.3) is 0 Å². The first kappa shape index (κ1) is 17.1. The SMILES string of the molecule is Cc1nc2c(n1CCO)CCC(NC(=O)C=CC=C(Cl)Cl)C2. The van der Waals surface area contributed by atoms with Crippen LogP contribution in [0.15, 0.2) is 22.7 Å². The van der Waals surface area contributed by atoms with Crippen LogP contribution in [0.5, 0.6) is 0 Å². The molecular weight excluding hydrogens is 325 g/mol. The van der Waals surface area contributed by atoms with Crippen molar-refractivity contribution in [1.82, 2.24) is 14.9 Å². The van der Waals surface area contributed by atoms with Crippen LogP contribution in [0.4, 0.5) is 0 Å². The molecule has 0 saturated heterocycles. The van der Waals surface area contributed by atoms with E-state index in [1.807, 2.05) is 6.92 Å². The molecule has 7 heteroatoms. The van der Waals surface area contributed by atoms with E-state index in [0.29, 0.717) is 13.0 Å². The lowest BCUT2D eigenvalue weighted by Gasteiger charge is -2.23. The number of rotatable bonds is 5. The molecule has 0 aromatic carbocycles. The number of aromatic nitrogens is 2. The van der Waals surface area contributed by atoms with Gasteiger partial charge in [-0.25, -0.2) is 4.98 Å². The highest BCUT2D eigenvalue weighted by Gasteiger charge is 2.24. The molecule has 1 aliphatic carbocycles. The zero-order chi connectivity index (χ0) is 16.1. The van der Waals surface area contributed by atoms with Crippen molar-refractivity contribution in [3.8, 4) is 0 Å². The van der Waals surface area contributed by atoms with E-state index in [9.17, 15) is 4.79 Å². The molecule has 0 saturated carbocycles. The van der Waals surface area contributed by atoms with Gasteiger partial charge in [-0.3, -0.25) is 4.79 Å². The number of fused-ring (bicyclic) bond motifs is 1. The molecule has 1 atom stereocenters. The second-order valence-electron chi connectivity index (χ2n) is 5.19. The highest BCUT2D eigenvalue weighted by molar-refractivity contribution is 6.56. The van der Waals surface area contributed by atoms with Gasteiger partial charge in [0.2, 0.25) is 5.91 Å². The number of nitrogens with zero attached hydrogens (tertiary/aromatic N) is 2. The third-order valence-electron chi connectivity index (χ3n) is 3.66. The average molecular weight is 344 g/mol. The molecule has 1 unspecified atom stereocenters. The van der Waals surface area contributed by atoms with E-state index in [1.165, 1.54) is 23.9 Å². The second kappa shape index (κ2) is 7.81. The summed E-state index contributed by atoms with van der Waals surface area (Å²) in [5.41, 5.74) is 2.18. The standard InChI is InChI=1S/C15H19Cl2N3O2/c1-10-18-12-9-11(5-6-13(12)20(10)7-8-21)19-15(22)4-2-3-14(16)17/h2-4,11,21H,5-9H2,1H3,(H,19,22). The molecule has 1 aromatic heterocycles. The molecule has 5 nitrogen and oxygen atoms in total. The molecule has 2 N–H and O–H groups in total. The van der Waals surface area contributed by atoms with Crippen LogP contribution in [0.2, 0.25) is 0 Å². The number of aliphatic hydroxyl groups is 1. The number of halogens is 2. The lowest BCUT2D eigenvalue weighted by atomic mass is 9.96. The number of carbonyl (C=O) groups is 1. The number of imidazole rings is 1. The molecule has 0 bridgehead atoms. The fourth-order valence-electron chi connectivity index (χ4n) is 2.74. The van der Waals surface area contributed by atoms with Crippen molar-refractivity contribution in [1.29, 1.82) is 0 Å². The fraction of sp³-hybridized carbons (Fsp3) is 0.467.